The first-order chi connectivity index (χ1) is 12.1. The highest BCUT2D eigenvalue weighted by molar-refractivity contribution is 5.94. The van der Waals surface area contributed by atoms with Crippen LogP contribution in [0.25, 0.3) is 0 Å². The molecule has 0 fully saturated rings. The van der Waals surface area contributed by atoms with Gasteiger partial charge in [-0.05, 0) is 27.7 Å². The molecule has 0 saturated heterocycles. The van der Waals surface area contributed by atoms with E-state index in [0.717, 1.165) is 10.8 Å². The van der Waals surface area contributed by atoms with Crippen LogP contribution in [0.1, 0.15) is 49.4 Å². The number of hydroxylamine groups is 2. The molecule has 0 saturated carbocycles. The molecule has 1 aromatic rings. The van der Waals surface area contributed by atoms with Crippen molar-refractivity contribution in [1.29, 1.82) is 0 Å². The second kappa shape index (κ2) is 6.39. The molecule has 0 spiro atoms. The first-order valence-corrected chi connectivity index (χ1v) is 8.58. The Morgan fingerprint density at radius 2 is 2.00 bits per heavy atom. The van der Waals surface area contributed by atoms with Crippen LogP contribution in [0.2, 0.25) is 0 Å². The number of hydrogen-bond donors (Lipinski definition) is 0. The fourth-order valence-electron chi connectivity index (χ4n) is 3.06. The second-order valence-electron chi connectivity index (χ2n) is 7.62. The van der Waals surface area contributed by atoms with Crippen LogP contribution >= 0.6 is 0 Å². The maximum Gasteiger partial charge on any atom is 0.410 e. The molecule has 0 bridgehead atoms. The van der Waals surface area contributed by atoms with E-state index < -0.39 is 17.8 Å². The second-order valence-corrected chi connectivity index (χ2v) is 7.62. The normalized spacial score (nSPS) is 20.3. The number of amides is 2. The third-order valence-corrected chi connectivity index (χ3v) is 4.32. The van der Waals surface area contributed by atoms with E-state index in [9.17, 15) is 14.4 Å². The van der Waals surface area contributed by atoms with Gasteiger partial charge in [-0.2, -0.15) is 5.10 Å². The topological polar surface area (TPSA) is 94.0 Å². The lowest BCUT2D eigenvalue weighted by Gasteiger charge is -2.30. The lowest BCUT2D eigenvalue weighted by Crippen LogP contribution is -2.40. The molecular formula is C17H24N4O5. The van der Waals surface area contributed by atoms with Crippen LogP contribution in [0, 0.1) is 0 Å². The molecule has 0 aliphatic carbocycles. The minimum atomic E-state index is -0.770. The summed E-state index contributed by atoms with van der Waals surface area (Å²) in [5, 5.41) is 5.56. The van der Waals surface area contributed by atoms with E-state index in [1.807, 2.05) is 20.8 Å². The van der Waals surface area contributed by atoms with Gasteiger partial charge in [0.25, 0.3) is 5.91 Å². The number of carbonyl (C=O) groups excluding carboxylic acids is 3. The van der Waals surface area contributed by atoms with Crippen LogP contribution in [0.5, 0.6) is 0 Å². The van der Waals surface area contributed by atoms with Crippen LogP contribution in [0.4, 0.5) is 4.79 Å². The Morgan fingerprint density at radius 1 is 1.31 bits per heavy atom. The highest BCUT2D eigenvalue weighted by Gasteiger charge is 2.37. The lowest BCUT2D eigenvalue weighted by atomic mass is 10.1. The molecule has 2 aliphatic heterocycles. The number of ketones is 1. The third-order valence-electron chi connectivity index (χ3n) is 4.32. The fourth-order valence-corrected chi connectivity index (χ4v) is 3.06. The lowest BCUT2D eigenvalue weighted by molar-refractivity contribution is -0.165. The maximum atomic E-state index is 12.7. The van der Waals surface area contributed by atoms with E-state index >= 15 is 0 Å². The van der Waals surface area contributed by atoms with Gasteiger partial charge < -0.3 is 9.64 Å². The minimum Gasteiger partial charge on any atom is -0.444 e. The number of hydrogen-bond acceptors (Lipinski definition) is 6. The average Bonchev–Trinajstić information content (AvgIpc) is 2.82. The highest BCUT2D eigenvalue weighted by atomic mass is 16.7. The Bertz CT molecular complexity index is 764. The Balaban J connectivity index is 1.91. The van der Waals surface area contributed by atoms with Crippen molar-refractivity contribution in [1.82, 2.24) is 19.7 Å². The van der Waals surface area contributed by atoms with Gasteiger partial charge in [0.1, 0.15) is 11.3 Å². The summed E-state index contributed by atoms with van der Waals surface area (Å²) >= 11 is 0. The van der Waals surface area contributed by atoms with Crippen molar-refractivity contribution in [2.45, 2.75) is 58.9 Å². The molecule has 26 heavy (non-hydrogen) atoms. The molecule has 1 unspecified atom stereocenters. The van der Waals surface area contributed by atoms with Crippen LogP contribution in [-0.4, -0.2) is 62.8 Å². The highest BCUT2D eigenvalue weighted by Crippen LogP contribution is 2.27. The van der Waals surface area contributed by atoms with E-state index in [1.165, 1.54) is 18.7 Å². The van der Waals surface area contributed by atoms with Crippen LogP contribution < -0.4 is 0 Å². The van der Waals surface area contributed by atoms with Gasteiger partial charge in [-0.15, -0.1) is 0 Å². The summed E-state index contributed by atoms with van der Waals surface area (Å²) in [6.45, 7) is 7.72. The number of fused-ring (bicyclic) bond motifs is 3. The SMILES string of the molecule is CC(=O)C1Cn2nc3c(c2C(=O)N(C)O1)CN(C(=O)OC(C)(C)C)CC3. The van der Waals surface area contributed by atoms with Crippen molar-refractivity contribution >= 4 is 17.8 Å². The molecule has 2 amide bonds. The van der Waals surface area contributed by atoms with E-state index in [2.05, 4.69) is 5.10 Å². The van der Waals surface area contributed by atoms with E-state index in [0.29, 0.717) is 24.2 Å². The van der Waals surface area contributed by atoms with Gasteiger partial charge in [0.15, 0.2) is 11.9 Å². The molecule has 0 N–H and O–H groups in total. The van der Waals surface area contributed by atoms with Gasteiger partial charge in [0.05, 0.1) is 18.8 Å². The zero-order valence-electron chi connectivity index (χ0n) is 15.7. The van der Waals surface area contributed by atoms with Gasteiger partial charge in [-0.3, -0.25) is 19.1 Å². The summed E-state index contributed by atoms with van der Waals surface area (Å²) in [4.78, 5) is 43.9. The quantitative estimate of drug-likeness (QED) is 0.742. The van der Waals surface area contributed by atoms with Gasteiger partial charge in [-0.1, -0.05) is 0 Å². The molecule has 3 heterocycles. The van der Waals surface area contributed by atoms with Gasteiger partial charge in [0, 0.05) is 25.6 Å². The van der Waals surface area contributed by atoms with Gasteiger partial charge in [-0.25, -0.2) is 9.86 Å². The van der Waals surface area contributed by atoms with Gasteiger partial charge >= 0.3 is 6.09 Å². The fraction of sp³-hybridized carbons (Fsp3) is 0.647. The zero-order chi connectivity index (χ0) is 19.2. The van der Waals surface area contributed by atoms with Crippen molar-refractivity contribution in [3.63, 3.8) is 0 Å². The van der Waals surface area contributed by atoms with Crippen molar-refractivity contribution in [2.75, 3.05) is 13.6 Å². The number of aromatic nitrogens is 2. The maximum absolute atomic E-state index is 12.7. The predicted octanol–water partition coefficient (Wildman–Crippen LogP) is 1.15. The molecule has 3 rings (SSSR count). The molecule has 2 aliphatic rings. The Kier molecular flexibility index (Phi) is 4.51. The van der Waals surface area contributed by atoms with Crippen LogP contribution in [0.3, 0.4) is 0 Å². The molecule has 1 atom stereocenters. The van der Waals surface area contributed by atoms with E-state index in [4.69, 9.17) is 9.57 Å². The van der Waals surface area contributed by atoms with Gasteiger partial charge in [0.2, 0.25) is 0 Å². The third kappa shape index (κ3) is 3.44. The zero-order valence-corrected chi connectivity index (χ0v) is 15.7. The van der Waals surface area contributed by atoms with Crippen molar-refractivity contribution < 1.29 is 24.0 Å². The largest absolute Gasteiger partial charge is 0.444 e. The molecule has 1 aromatic heterocycles. The molecule has 9 heteroatoms. The Hall–Kier alpha value is -2.42. The molecular weight excluding hydrogens is 340 g/mol. The Morgan fingerprint density at radius 3 is 2.62 bits per heavy atom. The van der Waals surface area contributed by atoms with E-state index in [-0.39, 0.29) is 24.8 Å². The number of carbonyl (C=O) groups is 3. The predicted molar refractivity (Wildman–Crippen MR) is 90.2 cm³/mol. The monoisotopic (exact) mass is 364 g/mol. The average molecular weight is 364 g/mol. The molecule has 9 nitrogen and oxygen atoms in total. The molecule has 0 aromatic carbocycles. The summed E-state index contributed by atoms with van der Waals surface area (Å²) < 4.78 is 6.96. The number of ether oxygens (including phenoxy) is 1. The molecule has 0 radical (unpaired) electrons. The standard InChI is InChI=1S/C17H24N4O5/c1-10(22)13-9-21-14(15(23)19(5)26-13)11-8-20(7-6-12(11)18-21)16(24)25-17(2,3)4/h13H,6-9H2,1-5H3. The number of nitrogens with zero attached hydrogens (tertiary/aromatic N) is 4. The van der Waals surface area contributed by atoms with Crippen molar-refractivity contribution in [2.24, 2.45) is 0 Å². The first kappa shape index (κ1) is 18.4. The summed E-state index contributed by atoms with van der Waals surface area (Å²) in [6.07, 6.45) is -0.666. The summed E-state index contributed by atoms with van der Waals surface area (Å²) in [5.74, 6) is -0.560. The summed E-state index contributed by atoms with van der Waals surface area (Å²) in [7, 11) is 1.47. The Labute approximate surface area is 151 Å². The first-order valence-electron chi connectivity index (χ1n) is 8.58. The van der Waals surface area contributed by atoms with Crippen LogP contribution in [-0.2, 0) is 33.9 Å². The van der Waals surface area contributed by atoms with E-state index in [1.54, 1.807) is 4.90 Å². The van der Waals surface area contributed by atoms with Crippen molar-refractivity contribution in [3.8, 4) is 0 Å². The number of rotatable bonds is 1. The smallest absolute Gasteiger partial charge is 0.410 e. The van der Waals surface area contributed by atoms with Crippen LogP contribution in [0.15, 0.2) is 0 Å². The van der Waals surface area contributed by atoms with Crippen molar-refractivity contribution in [3.05, 3.63) is 17.0 Å². The number of Topliss-reactive ketones (excluding diaryl/α,β-unsaturated/α-hetero) is 1. The molecule has 142 valence electrons. The summed E-state index contributed by atoms with van der Waals surface area (Å²) in [5.41, 5.74) is 1.23. The minimum absolute atomic E-state index is 0.167. The summed E-state index contributed by atoms with van der Waals surface area (Å²) in [6, 6.07) is 0.